The van der Waals surface area contributed by atoms with Crippen LogP contribution in [0.5, 0.6) is 0 Å². The summed E-state index contributed by atoms with van der Waals surface area (Å²) in [6.07, 6.45) is 4.32. The van der Waals surface area contributed by atoms with Gasteiger partial charge in [-0.25, -0.2) is 9.97 Å². The number of carbonyl (C=O) groups excluding carboxylic acids is 1. The van der Waals surface area contributed by atoms with Crippen LogP contribution in [0, 0.1) is 6.92 Å². The lowest BCUT2D eigenvalue weighted by molar-refractivity contribution is -0.120. The molecule has 2 aromatic rings. The van der Waals surface area contributed by atoms with Gasteiger partial charge in [0.15, 0.2) is 5.82 Å². The normalized spacial score (nSPS) is 19.2. The number of carbonyl (C=O) groups is 1. The Labute approximate surface area is 136 Å². The second kappa shape index (κ2) is 6.87. The summed E-state index contributed by atoms with van der Waals surface area (Å²) >= 11 is 0. The minimum atomic E-state index is 0.130. The summed E-state index contributed by atoms with van der Waals surface area (Å²) in [5.41, 5.74) is 3.31. The molecule has 1 aromatic heterocycles. The quantitative estimate of drug-likeness (QED) is 0.944. The molecule has 1 saturated heterocycles. The van der Waals surface area contributed by atoms with Crippen molar-refractivity contribution >= 4 is 5.91 Å². The number of amides is 1. The Morgan fingerprint density at radius 1 is 1.30 bits per heavy atom. The van der Waals surface area contributed by atoms with Crippen molar-refractivity contribution in [2.45, 2.75) is 32.9 Å². The summed E-state index contributed by atoms with van der Waals surface area (Å²) < 4.78 is 0. The first-order chi connectivity index (χ1) is 11.1. The molecule has 1 N–H and O–H groups in total. The van der Waals surface area contributed by atoms with Crippen LogP contribution >= 0.6 is 0 Å². The van der Waals surface area contributed by atoms with Gasteiger partial charge in [0.05, 0.1) is 0 Å². The van der Waals surface area contributed by atoms with E-state index in [1.54, 1.807) is 0 Å². The first-order valence-electron chi connectivity index (χ1n) is 8.00. The van der Waals surface area contributed by atoms with Crippen molar-refractivity contribution in [2.24, 2.45) is 0 Å². The standard InChI is InChI=1S/C18H22N4O/c1-13-4-3-5-16(8-13)18-20-10-15(11-21-18)12-22-7-6-17(23)19-9-14(22)2/h3-5,8,10-11,14H,6-7,9,12H2,1-2H3,(H,19,23). The SMILES string of the molecule is Cc1cccc(-c2ncc(CN3CCC(=O)NCC3C)cn2)c1. The maximum atomic E-state index is 11.5. The van der Waals surface area contributed by atoms with E-state index >= 15 is 0 Å². The highest BCUT2D eigenvalue weighted by Crippen LogP contribution is 2.17. The highest BCUT2D eigenvalue weighted by atomic mass is 16.1. The Morgan fingerprint density at radius 2 is 2.09 bits per heavy atom. The zero-order chi connectivity index (χ0) is 16.2. The van der Waals surface area contributed by atoms with E-state index in [0.29, 0.717) is 19.0 Å². The summed E-state index contributed by atoms with van der Waals surface area (Å²) in [7, 11) is 0. The molecule has 5 heteroatoms. The van der Waals surface area contributed by atoms with Crippen molar-refractivity contribution in [3.63, 3.8) is 0 Å². The molecule has 5 nitrogen and oxygen atoms in total. The van der Waals surface area contributed by atoms with Crippen LogP contribution in [0.2, 0.25) is 0 Å². The second-order valence-corrected chi connectivity index (χ2v) is 6.16. The van der Waals surface area contributed by atoms with Gasteiger partial charge in [0.1, 0.15) is 0 Å². The lowest BCUT2D eigenvalue weighted by Gasteiger charge is -2.25. The van der Waals surface area contributed by atoms with Gasteiger partial charge in [-0.05, 0) is 19.9 Å². The Kier molecular flexibility index (Phi) is 4.67. The fourth-order valence-electron chi connectivity index (χ4n) is 2.78. The Balaban J connectivity index is 1.71. The predicted octanol–water partition coefficient (Wildman–Crippen LogP) is 2.16. The maximum absolute atomic E-state index is 11.5. The van der Waals surface area contributed by atoms with Crippen molar-refractivity contribution in [2.75, 3.05) is 13.1 Å². The summed E-state index contributed by atoms with van der Waals surface area (Å²) in [4.78, 5) is 22.8. The number of benzene rings is 1. The van der Waals surface area contributed by atoms with E-state index in [1.165, 1.54) is 5.56 Å². The predicted molar refractivity (Wildman–Crippen MR) is 89.7 cm³/mol. The molecule has 2 heterocycles. The van der Waals surface area contributed by atoms with Gasteiger partial charge in [-0.2, -0.15) is 0 Å². The molecular formula is C18H22N4O. The third-order valence-corrected chi connectivity index (χ3v) is 4.21. The Hall–Kier alpha value is -2.27. The third-order valence-electron chi connectivity index (χ3n) is 4.21. The summed E-state index contributed by atoms with van der Waals surface area (Å²) in [6, 6.07) is 8.51. The largest absolute Gasteiger partial charge is 0.355 e. The van der Waals surface area contributed by atoms with E-state index in [1.807, 2.05) is 24.5 Å². The van der Waals surface area contributed by atoms with E-state index in [4.69, 9.17) is 0 Å². The summed E-state index contributed by atoms with van der Waals surface area (Å²) in [6.45, 7) is 6.43. The zero-order valence-corrected chi connectivity index (χ0v) is 13.6. The van der Waals surface area contributed by atoms with Gasteiger partial charge in [0.2, 0.25) is 5.91 Å². The molecule has 0 bridgehead atoms. The van der Waals surface area contributed by atoms with E-state index < -0.39 is 0 Å². The fraction of sp³-hybridized carbons (Fsp3) is 0.389. The van der Waals surface area contributed by atoms with Crippen LogP contribution in [-0.2, 0) is 11.3 Å². The van der Waals surface area contributed by atoms with Gasteiger partial charge in [-0.3, -0.25) is 9.69 Å². The van der Waals surface area contributed by atoms with Crippen LogP contribution < -0.4 is 5.32 Å². The van der Waals surface area contributed by atoms with Gasteiger partial charge >= 0.3 is 0 Å². The van der Waals surface area contributed by atoms with Crippen LogP contribution in [-0.4, -0.2) is 39.9 Å². The van der Waals surface area contributed by atoms with E-state index in [9.17, 15) is 4.79 Å². The average molecular weight is 310 g/mol. The van der Waals surface area contributed by atoms with Gasteiger partial charge in [-0.1, -0.05) is 23.8 Å². The fourth-order valence-corrected chi connectivity index (χ4v) is 2.78. The smallest absolute Gasteiger partial charge is 0.221 e. The third kappa shape index (κ3) is 3.93. The van der Waals surface area contributed by atoms with Crippen LogP contribution in [0.4, 0.5) is 0 Å². The number of rotatable bonds is 3. The molecule has 1 aliphatic rings. The van der Waals surface area contributed by atoms with Crippen LogP contribution in [0.25, 0.3) is 11.4 Å². The molecular weight excluding hydrogens is 288 g/mol. The Bertz CT molecular complexity index is 684. The second-order valence-electron chi connectivity index (χ2n) is 6.16. The van der Waals surface area contributed by atoms with Crippen LogP contribution in [0.1, 0.15) is 24.5 Å². The molecule has 3 rings (SSSR count). The number of nitrogens with zero attached hydrogens (tertiary/aromatic N) is 3. The summed E-state index contributed by atoms with van der Waals surface area (Å²) in [5, 5.41) is 2.93. The minimum Gasteiger partial charge on any atom is -0.355 e. The highest BCUT2D eigenvalue weighted by molar-refractivity contribution is 5.76. The molecule has 1 unspecified atom stereocenters. The Morgan fingerprint density at radius 3 is 2.83 bits per heavy atom. The molecule has 1 amide bonds. The molecule has 1 aliphatic heterocycles. The maximum Gasteiger partial charge on any atom is 0.221 e. The van der Waals surface area contributed by atoms with Crippen LogP contribution in [0.3, 0.4) is 0 Å². The lowest BCUT2D eigenvalue weighted by Crippen LogP contribution is -2.37. The first kappa shape index (κ1) is 15.6. The number of hydrogen-bond donors (Lipinski definition) is 1. The molecule has 0 radical (unpaired) electrons. The molecule has 0 aliphatic carbocycles. The van der Waals surface area contributed by atoms with Gasteiger partial charge < -0.3 is 5.32 Å². The van der Waals surface area contributed by atoms with Crippen molar-refractivity contribution < 1.29 is 4.79 Å². The van der Waals surface area contributed by atoms with Crippen molar-refractivity contribution in [1.29, 1.82) is 0 Å². The van der Waals surface area contributed by atoms with Gasteiger partial charge in [0, 0.05) is 55.6 Å². The number of nitrogens with one attached hydrogen (secondary N) is 1. The van der Waals surface area contributed by atoms with Crippen LogP contribution in [0.15, 0.2) is 36.7 Å². The van der Waals surface area contributed by atoms with Crippen molar-refractivity contribution in [3.8, 4) is 11.4 Å². The molecule has 0 spiro atoms. The van der Waals surface area contributed by atoms with Crippen molar-refractivity contribution in [3.05, 3.63) is 47.8 Å². The highest BCUT2D eigenvalue weighted by Gasteiger charge is 2.20. The number of hydrogen-bond acceptors (Lipinski definition) is 4. The zero-order valence-electron chi connectivity index (χ0n) is 13.6. The monoisotopic (exact) mass is 310 g/mol. The molecule has 23 heavy (non-hydrogen) atoms. The molecule has 0 saturated carbocycles. The number of aryl methyl sites for hydroxylation is 1. The number of aromatic nitrogens is 2. The van der Waals surface area contributed by atoms with E-state index in [-0.39, 0.29) is 5.91 Å². The van der Waals surface area contributed by atoms with Gasteiger partial charge in [0.25, 0.3) is 0 Å². The lowest BCUT2D eigenvalue weighted by atomic mass is 10.1. The average Bonchev–Trinajstić information content (AvgIpc) is 2.71. The summed E-state index contributed by atoms with van der Waals surface area (Å²) in [5.74, 6) is 0.878. The molecule has 120 valence electrons. The minimum absolute atomic E-state index is 0.130. The van der Waals surface area contributed by atoms with Gasteiger partial charge in [-0.15, -0.1) is 0 Å². The van der Waals surface area contributed by atoms with Crippen molar-refractivity contribution in [1.82, 2.24) is 20.2 Å². The van der Waals surface area contributed by atoms with E-state index in [2.05, 4.69) is 46.2 Å². The molecule has 1 fully saturated rings. The molecule has 1 aromatic carbocycles. The topological polar surface area (TPSA) is 58.1 Å². The molecule has 1 atom stereocenters. The first-order valence-corrected chi connectivity index (χ1v) is 8.00. The van der Waals surface area contributed by atoms with E-state index in [0.717, 1.165) is 30.0 Å².